The van der Waals surface area contributed by atoms with Gasteiger partial charge in [-0.1, -0.05) is 18.2 Å². The highest BCUT2D eigenvalue weighted by Crippen LogP contribution is 2.28. The summed E-state index contributed by atoms with van der Waals surface area (Å²) < 4.78 is 1.81. The summed E-state index contributed by atoms with van der Waals surface area (Å²) in [5.41, 5.74) is 6.04. The first-order chi connectivity index (χ1) is 15.7. The second-order valence-electron chi connectivity index (χ2n) is 7.75. The Morgan fingerprint density at radius 3 is 2.75 bits per heavy atom. The molecule has 0 aliphatic carbocycles. The Morgan fingerprint density at radius 1 is 1.09 bits per heavy atom. The maximum Gasteiger partial charge on any atom is 0.178 e. The Morgan fingerprint density at radius 2 is 1.97 bits per heavy atom. The molecule has 0 fully saturated rings. The normalized spacial score (nSPS) is 12.1. The van der Waals surface area contributed by atoms with Gasteiger partial charge in [0.1, 0.15) is 6.04 Å². The monoisotopic (exact) mass is 425 g/mol. The van der Waals surface area contributed by atoms with Gasteiger partial charge in [0.15, 0.2) is 5.82 Å². The minimum atomic E-state index is -0.252. The third kappa shape index (κ3) is 4.00. The molecule has 0 saturated carbocycles. The molecule has 2 N–H and O–H groups in total. The lowest BCUT2D eigenvalue weighted by Gasteiger charge is -2.21. The van der Waals surface area contributed by atoms with Gasteiger partial charge in [-0.15, -0.1) is 5.10 Å². The molecule has 0 saturated heterocycles. The smallest absolute Gasteiger partial charge is 0.178 e. The number of tetrazole rings is 1. The van der Waals surface area contributed by atoms with Gasteiger partial charge in [0, 0.05) is 37.9 Å². The quantitative estimate of drug-likeness (QED) is 0.413. The molecule has 0 aliphatic heterocycles. The lowest BCUT2D eigenvalue weighted by molar-refractivity contribution is 0.606. The van der Waals surface area contributed by atoms with E-state index in [4.69, 9.17) is 0 Å². The molecule has 1 unspecified atom stereocenters. The number of anilines is 2. The first-order valence-electron chi connectivity index (χ1n) is 10.3. The van der Waals surface area contributed by atoms with Crippen LogP contribution in [0.25, 0.3) is 11.0 Å². The van der Waals surface area contributed by atoms with E-state index in [2.05, 4.69) is 65.0 Å². The molecule has 0 bridgehead atoms. The predicted octanol–water partition coefficient (Wildman–Crippen LogP) is 3.26. The standard InChI is InChI=1S/C23H23N9/c1-31(2)19-8-5-17(6-9-19)22(27-18-7-10-20-21(12-18)26-15-25-20)23-28-29-30-32(23)14-16-4-3-11-24-13-16/h3-13,15,22,27H,14H2,1-2H3,(H,25,26). The van der Waals surface area contributed by atoms with Gasteiger partial charge in [0.25, 0.3) is 0 Å². The molecule has 1 atom stereocenters. The SMILES string of the molecule is CN(C)c1ccc(C(Nc2ccc3nc[nH]c3c2)c2nnnn2Cc2cccnc2)cc1. The Hall–Kier alpha value is -4.27. The molecular weight excluding hydrogens is 402 g/mol. The molecule has 32 heavy (non-hydrogen) atoms. The van der Waals surface area contributed by atoms with Crippen molar-refractivity contribution in [1.82, 2.24) is 35.2 Å². The van der Waals surface area contributed by atoms with E-state index in [1.165, 1.54) is 0 Å². The lowest BCUT2D eigenvalue weighted by Crippen LogP contribution is -2.19. The number of nitrogens with zero attached hydrogens (tertiary/aromatic N) is 7. The van der Waals surface area contributed by atoms with E-state index >= 15 is 0 Å². The molecule has 2 aromatic carbocycles. The van der Waals surface area contributed by atoms with Crippen LogP contribution < -0.4 is 10.2 Å². The van der Waals surface area contributed by atoms with Crippen LogP contribution in [-0.4, -0.2) is 49.3 Å². The minimum absolute atomic E-state index is 0.252. The molecule has 0 amide bonds. The second kappa shape index (κ2) is 8.46. The lowest BCUT2D eigenvalue weighted by atomic mass is 10.0. The average Bonchev–Trinajstić information content (AvgIpc) is 3.47. The van der Waals surface area contributed by atoms with E-state index in [0.29, 0.717) is 6.54 Å². The van der Waals surface area contributed by atoms with Gasteiger partial charge in [-0.2, -0.15) is 0 Å². The Bertz CT molecular complexity index is 1310. The van der Waals surface area contributed by atoms with Gasteiger partial charge >= 0.3 is 0 Å². The van der Waals surface area contributed by atoms with Crippen molar-refractivity contribution < 1.29 is 0 Å². The second-order valence-corrected chi connectivity index (χ2v) is 7.75. The highest BCUT2D eigenvalue weighted by molar-refractivity contribution is 5.78. The number of hydrogen-bond donors (Lipinski definition) is 2. The fraction of sp³-hybridized carbons (Fsp3) is 0.174. The number of nitrogens with one attached hydrogen (secondary N) is 2. The van der Waals surface area contributed by atoms with Crippen molar-refractivity contribution in [1.29, 1.82) is 0 Å². The van der Waals surface area contributed by atoms with Gasteiger partial charge in [0.2, 0.25) is 0 Å². The van der Waals surface area contributed by atoms with Crippen molar-refractivity contribution in [3.8, 4) is 0 Å². The number of aromatic amines is 1. The summed E-state index contributed by atoms with van der Waals surface area (Å²) in [6.45, 7) is 0.531. The molecule has 0 spiro atoms. The largest absolute Gasteiger partial charge is 0.378 e. The number of pyridine rings is 1. The Balaban J connectivity index is 1.53. The maximum atomic E-state index is 4.38. The molecular formula is C23H23N9. The molecule has 9 heteroatoms. The fourth-order valence-corrected chi connectivity index (χ4v) is 3.65. The zero-order valence-corrected chi connectivity index (χ0v) is 17.8. The van der Waals surface area contributed by atoms with Crippen molar-refractivity contribution in [2.45, 2.75) is 12.6 Å². The third-order valence-electron chi connectivity index (χ3n) is 5.35. The van der Waals surface area contributed by atoms with Crippen molar-refractivity contribution in [2.24, 2.45) is 0 Å². The van der Waals surface area contributed by atoms with E-state index in [9.17, 15) is 0 Å². The number of aromatic nitrogens is 7. The molecule has 3 aromatic heterocycles. The molecule has 9 nitrogen and oxygen atoms in total. The van der Waals surface area contributed by atoms with Gasteiger partial charge in [0.05, 0.1) is 23.9 Å². The predicted molar refractivity (Wildman–Crippen MR) is 123 cm³/mol. The summed E-state index contributed by atoms with van der Waals surface area (Å²) in [7, 11) is 4.05. The topological polar surface area (TPSA) is 100 Å². The summed E-state index contributed by atoms with van der Waals surface area (Å²) in [4.78, 5) is 13.7. The Kier molecular flexibility index (Phi) is 5.20. The van der Waals surface area contributed by atoms with Crippen molar-refractivity contribution in [3.05, 3.63) is 90.3 Å². The van der Waals surface area contributed by atoms with E-state index in [-0.39, 0.29) is 6.04 Å². The first-order valence-corrected chi connectivity index (χ1v) is 10.3. The van der Waals surface area contributed by atoms with Crippen LogP contribution in [0.5, 0.6) is 0 Å². The minimum Gasteiger partial charge on any atom is -0.378 e. The summed E-state index contributed by atoms with van der Waals surface area (Å²) in [5, 5.41) is 16.2. The highest BCUT2D eigenvalue weighted by Gasteiger charge is 2.22. The summed E-state index contributed by atoms with van der Waals surface area (Å²) in [6.07, 6.45) is 5.28. The molecule has 0 aliphatic rings. The fourth-order valence-electron chi connectivity index (χ4n) is 3.65. The van der Waals surface area contributed by atoms with Gasteiger partial charge < -0.3 is 15.2 Å². The van der Waals surface area contributed by atoms with Gasteiger partial charge in [-0.05, 0) is 58.0 Å². The summed E-state index contributed by atoms with van der Waals surface area (Å²) >= 11 is 0. The number of H-pyrrole nitrogens is 1. The van der Waals surface area contributed by atoms with Crippen LogP contribution in [0.4, 0.5) is 11.4 Å². The average molecular weight is 426 g/mol. The number of imidazole rings is 1. The van der Waals surface area contributed by atoms with Crippen LogP contribution in [-0.2, 0) is 6.54 Å². The highest BCUT2D eigenvalue weighted by atomic mass is 15.5. The van der Waals surface area contributed by atoms with Crippen LogP contribution in [0.15, 0.2) is 73.3 Å². The maximum absolute atomic E-state index is 4.38. The van der Waals surface area contributed by atoms with E-state index in [1.54, 1.807) is 12.5 Å². The van der Waals surface area contributed by atoms with E-state index in [0.717, 1.165) is 39.4 Å². The van der Waals surface area contributed by atoms with Crippen LogP contribution >= 0.6 is 0 Å². The molecule has 160 valence electrons. The Labute approximate surface area is 185 Å². The summed E-state index contributed by atoms with van der Waals surface area (Å²) in [6, 6.07) is 18.1. The van der Waals surface area contributed by atoms with Gasteiger partial charge in [-0.25, -0.2) is 9.67 Å². The number of fused-ring (bicyclic) bond motifs is 1. The zero-order valence-electron chi connectivity index (χ0n) is 17.8. The third-order valence-corrected chi connectivity index (χ3v) is 5.35. The number of benzene rings is 2. The molecule has 5 rings (SSSR count). The van der Waals surface area contributed by atoms with Crippen molar-refractivity contribution in [3.63, 3.8) is 0 Å². The van der Waals surface area contributed by atoms with Gasteiger partial charge in [-0.3, -0.25) is 4.98 Å². The van der Waals surface area contributed by atoms with Crippen molar-refractivity contribution >= 4 is 22.4 Å². The molecule has 3 heterocycles. The van der Waals surface area contributed by atoms with Crippen LogP contribution in [0, 0.1) is 0 Å². The zero-order chi connectivity index (χ0) is 21.9. The van der Waals surface area contributed by atoms with Crippen LogP contribution in [0.1, 0.15) is 23.0 Å². The van der Waals surface area contributed by atoms with E-state index < -0.39 is 0 Å². The molecule has 5 aromatic rings. The molecule has 0 radical (unpaired) electrons. The first kappa shape index (κ1) is 19.7. The number of rotatable bonds is 7. The summed E-state index contributed by atoms with van der Waals surface area (Å²) in [5.74, 6) is 0.719. The van der Waals surface area contributed by atoms with Crippen LogP contribution in [0.2, 0.25) is 0 Å². The van der Waals surface area contributed by atoms with Crippen molar-refractivity contribution in [2.75, 3.05) is 24.3 Å². The van der Waals surface area contributed by atoms with E-state index in [1.807, 2.05) is 55.3 Å². The van der Waals surface area contributed by atoms with Crippen LogP contribution in [0.3, 0.4) is 0 Å². The number of hydrogen-bond acceptors (Lipinski definition) is 7.